The minimum Gasteiger partial charge on any atom is -0.469 e. The number of rotatable bonds is 0. The minimum atomic E-state index is 0.461. The summed E-state index contributed by atoms with van der Waals surface area (Å²) >= 11 is 4.82. The summed E-state index contributed by atoms with van der Waals surface area (Å²) in [6.07, 6.45) is 0. The van der Waals surface area contributed by atoms with E-state index >= 15 is 0 Å². The van der Waals surface area contributed by atoms with Crippen LogP contribution in [0.3, 0.4) is 0 Å². The molecule has 1 aliphatic heterocycles. The van der Waals surface area contributed by atoms with Crippen LogP contribution in [0.2, 0.25) is 0 Å². The van der Waals surface area contributed by atoms with E-state index in [2.05, 4.69) is 6.92 Å². The van der Waals surface area contributed by atoms with Crippen molar-refractivity contribution < 1.29 is 4.74 Å². The molecule has 1 aliphatic rings. The second-order valence-electron chi connectivity index (χ2n) is 2.04. The van der Waals surface area contributed by atoms with Crippen molar-refractivity contribution >= 4 is 17.4 Å². The van der Waals surface area contributed by atoms with E-state index in [0.29, 0.717) is 11.2 Å². The molecule has 2 nitrogen and oxygen atoms in total. The molecule has 0 N–H and O–H groups in total. The zero-order chi connectivity index (χ0) is 6.15. The second kappa shape index (κ2) is 1.90. The Bertz CT molecular complexity index is 115. The number of nitrogens with zero attached hydrogens (tertiary/aromatic N) is 1. The molecule has 0 bridgehead atoms. The standard InChI is InChI=1S/C5H9NOS/c1-4-3-7-5(8)6(4)2/h4H,3H2,1-2H3/t4-/m0/s1. The van der Waals surface area contributed by atoms with Crippen LogP contribution >= 0.6 is 12.2 Å². The van der Waals surface area contributed by atoms with Gasteiger partial charge in [0.05, 0.1) is 6.04 Å². The molecule has 3 heteroatoms. The van der Waals surface area contributed by atoms with Crippen LogP contribution < -0.4 is 0 Å². The van der Waals surface area contributed by atoms with Gasteiger partial charge in [-0.3, -0.25) is 0 Å². The van der Waals surface area contributed by atoms with Gasteiger partial charge in [0.1, 0.15) is 6.61 Å². The fraction of sp³-hybridized carbons (Fsp3) is 0.800. The largest absolute Gasteiger partial charge is 0.469 e. The monoisotopic (exact) mass is 131 g/mol. The molecule has 0 spiro atoms. The van der Waals surface area contributed by atoms with Crippen LogP contribution in [0.15, 0.2) is 0 Å². The van der Waals surface area contributed by atoms with Crippen LogP contribution in [-0.4, -0.2) is 29.8 Å². The van der Waals surface area contributed by atoms with Crippen molar-refractivity contribution in [3.05, 3.63) is 0 Å². The van der Waals surface area contributed by atoms with E-state index in [1.165, 1.54) is 0 Å². The van der Waals surface area contributed by atoms with Crippen LogP contribution in [0.25, 0.3) is 0 Å². The molecule has 1 saturated heterocycles. The molecule has 1 atom stereocenters. The number of ether oxygens (including phenoxy) is 1. The fourth-order valence-electron chi connectivity index (χ4n) is 0.585. The molecule has 46 valence electrons. The lowest BCUT2D eigenvalue weighted by Crippen LogP contribution is -2.25. The topological polar surface area (TPSA) is 12.5 Å². The maximum Gasteiger partial charge on any atom is 0.259 e. The molecule has 1 heterocycles. The molecular formula is C5H9NOS. The second-order valence-corrected chi connectivity index (χ2v) is 2.39. The lowest BCUT2D eigenvalue weighted by molar-refractivity contribution is 0.331. The maximum absolute atomic E-state index is 5.03. The van der Waals surface area contributed by atoms with Crippen molar-refractivity contribution in [2.45, 2.75) is 13.0 Å². The van der Waals surface area contributed by atoms with Crippen LogP contribution in [0.1, 0.15) is 6.92 Å². The number of thiocarbonyl (C=S) groups is 1. The van der Waals surface area contributed by atoms with Gasteiger partial charge in [-0.1, -0.05) is 0 Å². The molecule has 0 aromatic carbocycles. The average Bonchev–Trinajstić information content (AvgIpc) is 1.98. The van der Waals surface area contributed by atoms with Gasteiger partial charge in [0.15, 0.2) is 0 Å². The van der Waals surface area contributed by atoms with Gasteiger partial charge in [-0.05, 0) is 19.1 Å². The fourth-order valence-corrected chi connectivity index (χ4v) is 0.833. The van der Waals surface area contributed by atoms with E-state index in [0.717, 1.165) is 6.61 Å². The summed E-state index contributed by atoms with van der Waals surface area (Å²) < 4.78 is 5.03. The van der Waals surface area contributed by atoms with Gasteiger partial charge in [-0.2, -0.15) is 0 Å². The van der Waals surface area contributed by atoms with Gasteiger partial charge in [0.2, 0.25) is 0 Å². The molecule has 0 aromatic rings. The summed E-state index contributed by atoms with van der Waals surface area (Å²) in [6, 6.07) is 0.461. The maximum atomic E-state index is 5.03. The van der Waals surface area contributed by atoms with Gasteiger partial charge in [0.25, 0.3) is 5.17 Å². The van der Waals surface area contributed by atoms with Crippen molar-refractivity contribution in [2.24, 2.45) is 0 Å². The first-order valence-electron chi connectivity index (χ1n) is 2.61. The number of hydrogen-bond donors (Lipinski definition) is 0. The summed E-state index contributed by atoms with van der Waals surface area (Å²) in [7, 11) is 1.94. The van der Waals surface area contributed by atoms with Crippen LogP contribution in [0.5, 0.6) is 0 Å². The van der Waals surface area contributed by atoms with Crippen molar-refractivity contribution in [1.29, 1.82) is 0 Å². The van der Waals surface area contributed by atoms with Gasteiger partial charge in [-0.25, -0.2) is 0 Å². The number of hydrogen-bond acceptors (Lipinski definition) is 2. The first-order valence-corrected chi connectivity index (χ1v) is 3.02. The van der Waals surface area contributed by atoms with Crippen molar-refractivity contribution in [3.63, 3.8) is 0 Å². The highest BCUT2D eigenvalue weighted by molar-refractivity contribution is 7.80. The highest BCUT2D eigenvalue weighted by atomic mass is 32.1. The molecule has 0 saturated carbocycles. The third kappa shape index (κ3) is 0.777. The smallest absolute Gasteiger partial charge is 0.259 e. The van der Waals surface area contributed by atoms with E-state index in [9.17, 15) is 0 Å². The summed E-state index contributed by atoms with van der Waals surface area (Å²) in [5, 5.41) is 0.623. The third-order valence-electron chi connectivity index (χ3n) is 1.40. The minimum absolute atomic E-state index is 0.461. The van der Waals surface area contributed by atoms with Gasteiger partial charge >= 0.3 is 0 Å². The van der Waals surface area contributed by atoms with Crippen LogP contribution in [0, 0.1) is 0 Å². The summed E-state index contributed by atoms with van der Waals surface area (Å²) in [6.45, 7) is 2.83. The molecule has 8 heavy (non-hydrogen) atoms. The lowest BCUT2D eigenvalue weighted by Gasteiger charge is -2.10. The molecule has 0 aromatic heterocycles. The van der Waals surface area contributed by atoms with Gasteiger partial charge < -0.3 is 9.64 Å². The normalized spacial score (nSPS) is 28.5. The van der Waals surface area contributed by atoms with E-state index in [1.807, 2.05) is 11.9 Å². The molecule has 0 radical (unpaired) electrons. The lowest BCUT2D eigenvalue weighted by atomic mass is 10.4. The SMILES string of the molecule is C[C@H]1COC(=S)N1C. The van der Waals surface area contributed by atoms with Crippen LogP contribution in [-0.2, 0) is 4.74 Å². The Morgan fingerprint density at radius 3 is 2.62 bits per heavy atom. The third-order valence-corrected chi connectivity index (χ3v) is 1.80. The van der Waals surface area contributed by atoms with E-state index < -0.39 is 0 Å². The summed E-state index contributed by atoms with van der Waals surface area (Å²) in [5.41, 5.74) is 0. The summed E-state index contributed by atoms with van der Waals surface area (Å²) in [5.74, 6) is 0. The van der Waals surface area contributed by atoms with Crippen LogP contribution in [0.4, 0.5) is 0 Å². The Labute approximate surface area is 54.4 Å². The highest BCUT2D eigenvalue weighted by Gasteiger charge is 2.21. The molecular weight excluding hydrogens is 122 g/mol. The van der Waals surface area contributed by atoms with E-state index in [-0.39, 0.29) is 0 Å². The van der Waals surface area contributed by atoms with E-state index in [1.54, 1.807) is 0 Å². The predicted molar refractivity (Wildman–Crippen MR) is 35.8 cm³/mol. The Hall–Kier alpha value is -0.310. The zero-order valence-electron chi connectivity index (χ0n) is 5.05. The highest BCUT2D eigenvalue weighted by Crippen LogP contribution is 2.07. The predicted octanol–water partition coefficient (Wildman–Crippen LogP) is 0.622. The van der Waals surface area contributed by atoms with Gasteiger partial charge in [0, 0.05) is 7.05 Å². The average molecular weight is 131 g/mol. The molecule has 0 amide bonds. The van der Waals surface area contributed by atoms with E-state index in [4.69, 9.17) is 17.0 Å². The van der Waals surface area contributed by atoms with Gasteiger partial charge in [-0.15, -0.1) is 0 Å². The quantitative estimate of drug-likeness (QED) is 0.447. The molecule has 0 unspecified atom stereocenters. The van der Waals surface area contributed by atoms with Crippen molar-refractivity contribution in [2.75, 3.05) is 13.7 Å². The molecule has 1 rings (SSSR count). The Morgan fingerprint density at radius 2 is 2.50 bits per heavy atom. The Kier molecular flexibility index (Phi) is 1.38. The zero-order valence-corrected chi connectivity index (χ0v) is 5.86. The first kappa shape index (κ1) is 5.82. The van der Waals surface area contributed by atoms with Crippen molar-refractivity contribution in [1.82, 2.24) is 4.90 Å². The molecule has 1 fully saturated rings. The Morgan fingerprint density at radius 1 is 1.88 bits per heavy atom. The summed E-state index contributed by atoms with van der Waals surface area (Å²) in [4.78, 5) is 1.95. The van der Waals surface area contributed by atoms with Crippen molar-refractivity contribution in [3.8, 4) is 0 Å². The molecule has 0 aliphatic carbocycles. The first-order chi connectivity index (χ1) is 3.72. The number of likely N-dealkylation sites (N-methyl/N-ethyl adjacent to an activating group) is 1. The Balaban J connectivity index is 2.56.